The fourth-order valence-electron chi connectivity index (χ4n) is 5.58. The lowest BCUT2D eigenvalue weighted by Gasteiger charge is -2.32. The van der Waals surface area contributed by atoms with Crippen molar-refractivity contribution in [3.05, 3.63) is 9.75 Å². The highest BCUT2D eigenvalue weighted by Gasteiger charge is 2.39. The van der Waals surface area contributed by atoms with Crippen LogP contribution in [0.3, 0.4) is 0 Å². The van der Waals surface area contributed by atoms with Crippen LogP contribution in [0.15, 0.2) is 0 Å². The SMILES string of the molecule is CCCCC(CC)COCC1(COCC(CC)CCCC)COc2c(C)sc(-c3sc(C)c4c3OCCO4)c2OC1. The van der Waals surface area contributed by atoms with Crippen molar-refractivity contribution < 1.29 is 28.4 Å². The first-order valence-electron chi connectivity index (χ1n) is 15.9. The number of hydrogen-bond donors (Lipinski definition) is 0. The van der Waals surface area contributed by atoms with Crippen molar-refractivity contribution in [2.75, 3.05) is 52.9 Å². The molecule has 8 heteroatoms. The zero-order valence-corrected chi connectivity index (χ0v) is 27.9. The molecule has 2 aromatic rings. The molecule has 2 unspecified atom stereocenters. The Kier molecular flexibility index (Phi) is 12.5. The molecule has 4 rings (SSSR count). The molecular formula is C33H52O6S2. The molecule has 0 N–H and O–H groups in total. The van der Waals surface area contributed by atoms with Gasteiger partial charge in [-0.25, -0.2) is 0 Å². The zero-order chi connectivity index (χ0) is 29.2. The zero-order valence-electron chi connectivity index (χ0n) is 26.2. The fourth-order valence-corrected chi connectivity index (χ4v) is 7.79. The second kappa shape index (κ2) is 15.8. The molecule has 41 heavy (non-hydrogen) atoms. The van der Waals surface area contributed by atoms with E-state index in [0.717, 1.165) is 68.6 Å². The normalized spacial score (nSPS) is 19.7. The van der Waals surface area contributed by atoms with E-state index in [4.69, 9.17) is 28.4 Å². The molecule has 2 atom stereocenters. The van der Waals surface area contributed by atoms with Gasteiger partial charge in [0.25, 0.3) is 0 Å². The van der Waals surface area contributed by atoms with Crippen LogP contribution in [0.4, 0.5) is 0 Å². The quantitative estimate of drug-likeness (QED) is 0.179. The van der Waals surface area contributed by atoms with Gasteiger partial charge in [-0.1, -0.05) is 66.2 Å². The summed E-state index contributed by atoms with van der Waals surface area (Å²) in [5, 5.41) is 0. The molecule has 2 aromatic heterocycles. The van der Waals surface area contributed by atoms with E-state index in [1.807, 2.05) is 0 Å². The van der Waals surface area contributed by atoms with Gasteiger partial charge in [-0.3, -0.25) is 0 Å². The monoisotopic (exact) mass is 608 g/mol. The minimum Gasteiger partial charge on any atom is -0.488 e. The minimum atomic E-state index is -0.378. The first-order chi connectivity index (χ1) is 19.9. The Balaban J connectivity index is 1.52. The third-order valence-corrected chi connectivity index (χ3v) is 10.7. The van der Waals surface area contributed by atoms with Crippen LogP contribution in [0.2, 0.25) is 0 Å². The van der Waals surface area contributed by atoms with Crippen molar-refractivity contribution in [1.29, 1.82) is 0 Å². The van der Waals surface area contributed by atoms with E-state index in [9.17, 15) is 0 Å². The van der Waals surface area contributed by atoms with Crippen molar-refractivity contribution in [3.63, 3.8) is 0 Å². The van der Waals surface area contributed by atoms with Crippen LogP contribution in [0, 0.1) is 31.1 Å². The van der Waals surface area contributed by atoms with Gasteiger partial charge in [0.1, 0.15) is 26.4 Å². The van der Waals surface area contributed by atoms with Crippen molar-refractivity contribution in [1.82, 2.24) is 0 Å². The molecule has 0 aromatic carbocycles. The largest absolute Gasteiger partial charge is 0.488 e. The predicted molar refractivity (Wildman–Crippen MR) is 170 cm³/mol. The van der Waals surface area contributed by atoms with Gasteiger partial charge in [0, 0.05) is 23.0 Å². The van der Waals surface area contributed by atoms with Crippen LogP contribution in [-0.4, -0.2) is 52.9 Å². The fraction of sp³-hybridized carbons (Fsp3) is 0.758. The van der Waals surface area contributed by atoms with E-state index < -0.39 is 0 Å². The molecule has 0 aliphatic carbocycles. The summed E-state index contributed by atoms with van der Waals surface area (Å²) < 4.78 is 38.3. The van der Waals surface area contributed by atoms with E-state index in [-0.39, 0.29) is 5.41 Å². The molecule has 0 saturated carbocycles. The molecule has 2 aliphatic rings. The minimum absolute atomic E-state index is 0.378. The van der Waals surface area contributed by atoms with E-state index in [0.29, 0.717) is 51.5 Å². The maximum absolute atomic E-state index is 6.70. The smallest absolute Gasteiger partial charge is 0.181 e. The van der Waals surface area contributed by atoms with E-state index in [1.54, 1.807) is 22.7 Å². The van der Waals surface area contributed by atoms with Crippen molar-refractivity contribution in [2.24, 2.45) is 17.3 Å². The lowest BCUT2D eigenvalue weighted by atomic mass is 9.91. The summed E-state index contributed by atoms with van der Waals surface area (Å²) in [7, 11) is 0. The van der Waals surface area contributed by atoms with Crippen molar-refractivity contribution in [2.45, 2.75) is 92.9 Å². The van der Waals surface area contributed by atoms with Gasteiger partial charge in [-0.15, -0.1) is 22.7 Å². The summed E-state index contributed by atoms with van der Waals surface area (Å²) in [6, 6.07) is 0. The molecule has 0 fully saturated rings. The summed E-state index contributed by atoms with van der Waals surface area (Å²) in [5.41, 5.74) is -0.378. The number of fused-ring (bicyclic) bond motifs is 2. The number of aryl methyl sites for hydroxylation is 2. The Labute approximate surface area is 256 Å². The molecule has 0 bridgehead atoms. The summed E-state index contributed by atoms with van der Waals surface area (Å²) in [5.74, 6) is 4.53. The van der Waals surface area contributed by atoms with Crippen molar-refractivity contribution in [3.8, 4) is 32.8 Å². The summed E-state index contributed by atoms with van der Waals surface area (Å²) in [4.78, 5) is 4.37. The highest BCUT2D eigenvalue weighted by Crippen LogP contribution is 2.57. The highest BCUT2D eigenvalue weighted by atomic mass is 32.1. The number of ether oxygens (including phenoxy) is 6. The van der Waals surface area contributed by atoms with Gasteiger partial charge >= 0.3 is 0 Å². The van der Waals surface area contributed by atoms with Gasteiger partial charge < -0.3 is 28.4 Å². The number of rotatable bonds is 17. The average molecular weight is 609 g/mol. The number of unbranched alkanes of at least 4 members (excludes halogenated alkanes) is 2. The second-order valence-corrected chi connectivity index (χ2v) is 14.4. The number of thiophene rings is 2. The lowest BCUT2D eigenvalue weighted by Crippen LogP contribution is -2.43. The molecule has 0 radical (unpaired) electrons. The summed E-state index contributed by atoms with van der Waals surface area (Å²) >= 11 is 3.41. The van der Waals surface area contributed by atoms with Gasteiger partial charge in [0.05, 0.1) is 28.4 Å². The molecule has 232 valence electrons. The standard InChI is InChI=1S/C33H52O6S2/c1-7-11-13-25(9-3)17-34-19-33(20-35-18-26(10-4)14-12-8-2)21-38-28-24(6)41-32(30(28)39-22-33)31-29-27(23(5)40-31)36-15-16-37-29/h25-26H,7-22H2,1-6H3. The van der Waals surface area contributed by atoms with Crippen LogP contribution >= 0.6 is 22.7 Å². The third-order valence-electron chi connectivity index (χ3n) is 8.41. The van der Waals surface area contributed by atoms with Crippen LogP contribution in [0.5, 0.6) is 23.0 Å². The Morgan fingerprint density at radius 1 is 0.659 bits per heavy atom. The first kappa shape index (κ1) is 32.4. The van der Waals surface area contributed by atoms with Gasteiger partial charge in [-0.2, -0.15) is 0 Å². The average Bonchev–Trinajstić information content (AvgIpc) is 3.41. The molecule has 0 amide bonds. The van der Waals surface area contributed by atoms with E-state index in [2.05, 4.69) is 41.5 Å². The first-order valence-corrected chi connectivity index (χ1v) is 17.5. The molecule has 0 spiro atoms. The Morgan fingerprint density at radius 3 is 1.59 bits per heavy atom. The van der Waals surface area contributed by atoms with Gasteiger partial charge in [0.2, 0.25) is 0 Å². The molecule has 6 nitrogen and oxygen atoms in total. The van der Waals surface area contributed by atoms with E-state index in [1.165, 1.54) is 38.5 Å². The highest BCUT2D eigenvalue weighted by molar-refractivity contribution is 7.23. The van der Waals surface area contributed by atoms with Crippen molar-refractivity contribution >= 4 is 22.7 Å². The molecule has 2 aliphatic heterocycles. The van der Waals surface area contributed by atoms with Crippen LogP contribution in [0.1, 0.15) is 88.8 Å². The Bertz CT molecular complexity index is 1050. The van der Waals surface area contributed by atoms with Crippen LogP contribution in [0.25, 0.3) is 9.75 Å². The molecular weight excluding hydrogens is 556 g/mol. The lowest BCUT2D eigenvalue weighted by molar-refractivity contribution is -0.0715. The number of hydrogen-bond acceptors (Lipinski definition) is 8. The van der Waals surface area contributed by atoms with Gasteiger partial charge in [-0.05, 0) is 38.5 Å². The predicted octanol–water partition coefficient (Wildman–Crippen LogP) is 9.09. The summed E-state index contributed by atoms with van der Waals surface area (Å²) in [6.45, 7) is 18.1. The molecule has 4 heterocycles. The topological polar surface area (TPSA) is 55.4 Å². The Hall–Kier alpha value is -1.48. The third kappa shape index (κ3) is 8.12. The molecule has 0 saturated heterocycles. The maximum atomic E-state index is 6.70. The Morgan fingerprint density at radius 2 is 1.10 bits per heavy atom. The van der Waals surface area contributed by atoms with Crippen LogP contribution < -0.4 is 18.9 Å². The maximum Gasteiger partial charge on any atom is 0.181 e. The summed E-state index contributed by atoms with van der Waals surface area (Å²) in [6.07, 6.45) is 9.66. The second-order valence-electron chi connectivity index (χ2n) is 11.9. The van der Waals surface area contributed by atoms with E-state index >= 15 is 0 Å². The van der Waals surface area contributed by atoms with Crippen LogP contribution in [-0.2, 0) is 9.47 Å². The van der Waals surface area contributed by atoms with Gasteiger partial charge in [0.15, 0.2) is 23.0 Å².